The number of benzene rings is 1. The molecule has 0 heterocycles. The summed E-state index contributed by atoms with van der Waals surface area (Å²) < 4.78 is 26.9. The van der Waals surface area contributed by atoms with E-state index in [9.17, 15) is 18.4 Å². The van der Waals surface area contributed by atoms with Gasteiger partial charge in [-0.05, 0) is 30.4 Å². The monoisotopic (exact) mass is 311 g/mol. The standard InChI is InChI=1S/C16H19F2NO3/c1-2-3-7-13(16(21)22)19-15(20)11-8-10(11)9-5-4-6-12(17)14(9)18/h4-6,10-11,13H,2-3,7-8H2,1H3,(H,19,20)(H,21,22). The summed E-state index contributed by atoms with van der Waals surface area (Å²) in [5.74, 6) is -4.21. The van der Waals surface area contributed by atoms with E-state index in [0.29, 0.717) is 19.3 Å². The first kappa shape index (κ1) is 16.4. The maximum atomic E-state index is 13.7. The molecular weight excluding hydrogens is 292 g/mol. The second-order valence-electron chi connectivity index (χ2n) is 5.63. The highest BCUT2D eigenvalue weighted by Gasteiger charge is 2.46. The summed E-state index contributed by atoms with van der Waals surface area (Å²) in [5.41, 5.74) is 0.181. The summed E-state index contributed by atoms with van der Waals surface area (Å²) in [6.07, 6.45) is 2.31. The third-order valence-corrected chi connectivity index (χ3v) is 3.97. The van der Waals surface area contributed by atoms with E-state index >= 15 is 0 Å². The second-order valence-corrected chi connectivity index (χ2v) is 5.63. The number of hydrogen-bond donors (Lipinski definition) is 2. The highest BCUT2D eigenvalue weighted by Crippen LogP contribution is 2.48. The molecule has 0 spiro atoms. The van der Waals surface area contributed by atoms with E-state index in [4.69, 9.17) is 5.11 Å². The van der Waals surface area contributed by atoms with Gasteiger partial charge in [-0.15, -0.1) is 0 Å². The number of unbranched alkanes of at least 4 members (excludes halogenated alkanes) is 1. The molecule has 22 heavy (non-hydrogen) atoms. The van der Waals surface area contributed by atoms with Gasteiger partial charge in [-0.1, -0.05) is 31.9 Å². The van der Waals surface area contributed by atoms with E-state index in [1.54, 1.807) is 0 Å². The molecule has 1 aliphatic carbocycles. The van der Waals surface area contributed by atoms with Crippen molar-refractivity contribution < 1.29 is 23.5 Å². The molecule has 1 amide bonds. The Morgan fingerprint density at radius 2 is 2.14 bits per heavy atom. The first-order valence-electron chi connectivity index (χ1n) is 7.42. The average Bonchev–Trinajstić information content (AvgIpc) is 3.26. The molecule has 0 aromatic heterocycles. The Morgan fingerprint density at radius 1 is 1.41 bits per heavy atom. The van der Waals surface area contributed by atoms with Gasteiger partial charge < -0.3 is 10.4 Å². The van der Waals surface area contributed by atoms with Gasteiger partial charge in [0.2, 0.25) is 5.91 Å². The number of carbonyl (C=O) groups excluding carboxylic acids is 1. The van der Waals surface area contributed by atoms with Gasteiger partial charge in [0.15, 0.2) is 11.6 Å². The molecule has 6 heteroatoms. The van der Waals surface area contributed by atoms with Gasteiger partial charge >= 0.3 is 5.97 Å². The fourth-order valence-corrected chi connectivity index (χ4v) is 2.58. The van der Waals surface area contributed by atoms with Crippen molar-refractivity contribution in [1.82, 2.24) is 5.32 Å². The molecule has 0 aliphatic heterocycles. The Morgan fingerprint density at radius 3 is 2.77 bits per heavy atom. The van der Waals surface area contributed by atoms with Crippen LogP contribution in [0.25, 0.3) is 0 Å². The van der Waals surface area contributed by atoms with E-state index in [2.05, 4.69) is 5.32 Å². The summed E-state index contributed by atoms with van der Waals surface area (Å²) in [4.78, 5) is 23.2. The number of hydrogen-bond acceptors (Lipinski definition) is 2. The van der Waals surface area contributed by atoms with Crippen LogP contribution in [-0.2, 0) is 9.59 Å². The molecule has 0 bridgehead atoms. The topological polar surface area (TPSA) is 66.4 Å². The molecule has 1 aliphatic rings. The third kappa shape index (κ3) is 3.61. The van der Waals surface area contributed by atoms with Crippen molar-refractivity contribution in [2.45, 2.75) is 44.6 Å². The zero-order chi connectivity index (χ0) is 16.3. The number of carbonyl (C=O) groups is 2. The molecule has 1 saturated carbocycles. The SMILES string of the molecule is CCCCC(NC(=O)C1CC1c1cccc(F)c1F)C(=O)O. The van der Waals surface area contributed by atoms with Crippen LogP contribution in [0.1, 0.15) is 44.1 Å². The van der Waals surface area contributed by atoms with Gasteiger partial charge in [-0.25, -0.2) is 13.6 Å². The van der Waals surface area contributed by atoms with Crippen LogP contribution in [0.15, 0.2) is 18.2 Å². The molecule has 2 N–H and O–H groups in total. The Kier molecular flexibility index (Phi) is 5.11. The smallest absolute Gasteiger partial charge is 0.326 e. The summed E-state index contributed by atoms with van der Waals surface area (Å²) in [6, 6.07) is 2.97. The number of carboxylic acids is 1. The fourth-order valence-electron chi connectivity index (χ4n) is 2.58. The van der Waals surface area contributed by atoms with Gasteiger partial charge in [0.25, 0.3) is 0 Å². The lowest BCUT2D eigenvalue weighted by Crippen LogP contribution is -2.41. The fraction of sp³-hybridized carbons (Fsp3) is 0.500. The molecule has 120 valence electrons. The summed E-state index contributed by atoms with van der Waals surface area (Å²) in [5, 5.41) is 11.6. The van der Waals surface area contributed by atoms with Gasteiger partial charge in [0.1, 0.15) is 6.04 Å². The molecule has 0 saturated heterocycles. The molecule has 3 unspecified atom stereocenters. The Balaban J connectivity index is 1.98. The van der Waals surface area contributed by atoms with E-state index in [0.717, 1.165) is 12.5 Å². The minimum Gasteiger partial charge on any atom is -0.480 e. The largest absolute Gasteiger partial charge is 0.480 e. The van der Waals surface area contributed by atoms with Crippen LogP contribution in [0, 0.1) is 17.6 Å². The van der Waals surface area contributed by atoms with E-state index < -0.39 is 35.5 Å². The van der Waals surface area contributed by atoms with Gasteiger partial charge in [-0.2, -0.15) is 0 Å². The molecule has 0 radical (unpaired) electrons. The van der Waals surface area contributed by atoms with Gasteiger partial charge in [0.05, 0.1) is 0 Å². The molecule has 2 rings (SSSR count). The maximum Gasteiger partial charge on any atom is 0.326 e. The van der Waals surface area contributed by atoms with Crippen LogP contribution in [0.5, 0.6) is 0 Å². The molecule has 1 aromatic carbocycles. The predicted octanol–water partition coefficient (Wildman–Crippen LogP) is 2.83. The zero-order valence-corrected chi connectivity index (χ0v) is 12.3. The minimum atomic E-state index is -1.07. The van der Waals surface area contributed by atoms with E-state index in [1.165, 1.54) is 12.1 Å². The zero-order valence-electron chi connectivity index (χ0n) is 12.3. The van der Waals surface area contributed by atoms with Crippen molar-refractivity contribution in [2.24, 2.45) is 5.92 Å². The van der Waals surface area contributed by atoms with Crippen LogP contribution >= 0.6 is 0 Å². The summed E-state index contributed by atoms with van der Waals surface area (Å²) in [6.45, 7) is 1.93. The second kappa shape index (κ2) is 6.85. The predicted molar refractivity (Wildman–Crippen MR) is 76.3 cm³/mol. The number of carboxylic acid groups (broad SMARTS) is 1. The van der Waals surface area contributed by atoms with Crippen LogP contribution < -0.4 is 5.32 Å². The van der Waals surface area contributed by atoms with Crippen molar-refractivity contribution in [3.8, 4) is 0 Å². The Labute approximate surface area is 127 Å². The minimum absolute atomic E-state index is 0.181. The van der Waals surface area contributed by atoms with Crippen LogP contribution in [0.2, 0.25) is 0 Å². The average molecular weight is 311 g/mol. The first-order chi connectivity index (χ1) is 10.5. The normalized spacial score (nSPS) is 21.2. The lowest BCUT2D eigenvalue weighted by molar-refractivity contribution is -0.142. The summed E-state index contributed by atoms with van der Waals surface area (Å²) in [7, 11) is 0. The van der Waals surface area contributed by atoms with Crippen molar-refractivity contribution in [1.29, 1.82) is 0 Å². The van der Waals surface area contributed by atoms with E-state index in [-0.39, 0.29) is 11.5 Å². The third-order valence-electron chi connectivity index (χ3n) is 3.97. The number of aliphatic carboxylic acids is 1. The lowest BCUT2D eigenvalue weighted by atomic mass is 10.1. The maximum absolute atomic E-state index is 13.7. The van der Waals surface area contributed by atoms with Crippen LogP contribution in [0.4, 0.5) is 8.78 Å². The molecule has 4 nitrogen and oxygen atoms in total. The first-order valence-corrected chi connectivity index (χ1v) is 7.42. The summed E-state index contributed by atoms with van der Waals surface area (Å²) >= 11 is 0. The number of nitrogens with one attached hydrogen (secondary N) is 1. The lowest BCUT2D eigenvalue weighted by Gasteiger charge is -2.14. The van der Waals surface area contributed by atoms with Crippen molar-refractivity contribution in [3.05, 3.63) is 35.4 Å². The Hall–Kier alpha value is -1.98. The van der Waals surface area contributed by atoms with Gasteiger partial charge in [-0.3, -0.25) is 4.79 Å². The quantitative estimate of drug-likeness (QED) is 0.814. The number of halogens is 2. The highest BCUT2D eigenvalue weighted by atomic mass is 19.2. The van der Waals surface area contributed by atoms with Crippen LogP contribution in [-0.4, -0.2) is 23.0 Å². The molecular formula is C16H19F2NO3. The Bertz CT molecular complexity index is 577. The van der Waals surface area contributed by atoms with Crippen molar-refractivity contribution in [3.63, 3.8) is 0 Å². The van der Waals surface area contributed by atoms with Crippen molar-refractivity contribution in [2.75, 3.05) is 0 Å². The molecule has 3 atom stereocenters. The van der Waals surface area contributed by atoms with E-state index in [1.807, 2.05) is 6.92 Å². The molecule has 1 aromatic rings. The van der Waals surface area contributed by atoms with Crippen LogP contribution in [0.3, 0.4) is 0 Å². The number of amides is 1. The molecule has 1 fully saturated rings. The number of rotatable bonds is 7. The highest BCUT2D eigenvalue weighted by molar-refractivity contribution is 5.87. The van der Waals surface area contributed by atoms with Crippen molar-refractivity contribution >= 4 is 11.9 Å². The van der Waals surface area contributed by atoms with Gasteiger partial charge in [0, 0.05) is 5.92 Å².